The van der Waals surface area contributed by atoms with Crippen molar-refractivity contribution in [3.63, 3.8) is 0 Å². The Hall–Kier alpha value is -2.10. The van der Waals surface area contributed by atoms with E-state index in [1.54, 1.807) is 0 Å². The summed E-state index contributed by atoms with van der Waals surface area (Å²) in [7, 11) is 0. The van der Waals surface area contributed by atoms with Gasteiger partial charge in [0.2, 0.25) is 0 Å². The van der Waals surface area contributed by atoms with E-state index >= 15 is 0 Å². The first-order valence-corrected chi connectivity index (χ1v) is 11.0. The molecule has 35 heavy (non-hydrogen) atoms. The van der Waals surface area contributed by atoms with Crippen LogP contribution in [0.4, 0.5) is 26.3 Å². The third-order valence-electron chi connectivity index (χ3n) is 3.21. The average molecular weight is 610 g/mol. The van der Waals surface area contributed by atoms with Crippen LogP contribution in [0.25, 0.3) is 0 Å². The largest absolute Gasteiger partial charge is 2.00 e. The Kier molecular flexibility index (Phi) is 16.3. The first-order chi connectivity index (χ1) is 15.9. The van der Waals surface area contributed by atoms with Crippen LogP contribution in [0, 0.1) is 0 Å². The average Bonchev–Trinajstić information content (AvgIpc) is 3.45. The number of benzene rings is 2. The van der Waals surface area contributed by atoms with Crippen molar-refractivity contribution in [3.05, 3.63) is 109 Å². The normalized spacial score (nSPS) is 10.2. The van der Waals surface area contributed by atoms with E-state index in [4.69, 9.17) is 10.2 Å². The Balaban J connectivity index is 0.000000468. The molecule has 0 aliphatic heterocycles. The SMILES string of the molecule is Oc1cccc(SC(F)(F)F)c1.Oc1cccc(SC(F)(F)F)c1.[Zr+2].c1cc[cH-]c1.c1cc[cH-]c1. The van der Waals surface area contributed by atoms with E-state index in [0.29, 0.717) is 0 Å². The number of hydrogen-bond acceptors (Lipinski definition) is 4. The number of rotatable bonds is 2. The van der Waals surface area contributed by atoms with Crippen LogP contribution in [0.15, 0.2) is 119 Å². The molecule has 0 spiro atoms. The minimum Gasteiger partial charge on any atom is -0.508 e. The summed E-state index contributed by atoms with van der Waals surface area (Å²) in [5.74, 6) is -0.325. The van der Waals surface area contributed by atoms with Gasteiger partial charge in [-0.2, -0.15) is 62.7 Å². The van der Waals surface area contributed by atoms with Gasteiger partial charge >= 0.3 is 37.2 Å². The molecule has 0 fully saturated rings. The van der Waals surface area contributed by atoms with Crippen molar-refractivity contribution in [1.29, 1.82) is 0 Å². The molecule has 0 saturated carbocycles. The molecule has 186 valence electrons. The molecule has 0 unspecified atom stereocenters. The summed E-state index contributed by atoms with van der Waals surface area (Å²) in [5, 5.41) is 17.7. The van der Waals surface area contributed by atoms with Crippen LogP contribution in [0.5, 0.6) is 11.5 Å². The van der Waals surface area contributed by atoms with Gasteiger partial charge in [-0.3, -0.25) is 0 Å². The Morgan fingerprint density at radius 3 is 1.06 bits per heavy atom. The van der Waals surface area contributed by atoms with Crippen LogP contribution in [0.3, 0.4) is 0 Å². The number of halogens is 6. The molecule has 0 atom stereocenters. The minimum atomic E-state index is -4.30. The van der Waals surface area contributed by atoms with Gasteiger partial charge in [-0.15, -0.1) is 0 Å². The van der Waals surface area contributed by atoms with Gasteiger partial charge in [0.05, 0.1) is 0 Å². The van der Waals surface area contributed by atoms with Crippen molar-refractivity contribution >= 4 is 23.5 Å². The molecule has 0 radical (unpaired) electrons. The maximum atomic E-state index is 11.8. The molecule has 2 nitrogen and oxygen atoms in total. The van der Waals surface area contributed by atoms with Crippen LogP contribution >= 0.6 is 23.5 Å². The van der Waals surface area contributed by atoms with Crippen molar-refractivity contribution < 1.29 is 62.8 Å². The van der Waals surface area contributed by atoms with Crippen molar-refractivity contribution in [2.24, 2.45) is 0 Å². The summed E-state index contributed by atoms with van der Waals surface area (Å²) in [5.41, 5.74) is -8.60. The Labute approximate surface area is 226 Å². The monoisotopic (exact) mass is 608 g/mol. The molecule has 0 amide bonds. The quantitative estimate of drug-likeness (QED) is 0.135. The van der Waals surface area contributed by atoms with Crippen molar-refractivity contribution in [2.45, 2.75) is 20.8 Å². The van der Waals surface area contributed by atoms with Crippen molar-refractivity contribution in [1.82, 2.24) is 0 Å². The molecular weight excluding hydrogens is 590 g/mol. The van der Waals surface area contributed by atoms with Crippen LogP contribution in [-0.2, 0) is 26.2 Å². The first-order valence-electron chi connectivity index (χ1n) is 9.37. The Morgan fingerprint density at radius 2 is 0.857 bits per heavy atom. The van der Waals surface area contributed by atoms with Crippen molar-refractivity contribution in [3.8, 4) is 11.5 Å². The van der Waals surface area contributed by atoms with E-state index in [2.05, 4.69) is 0 Å². The molecule has 0 aliphatic carbocycles. The van der Waals surface area contributed by atoms with E-state index in [0.717, 1.165) is 12.1 Å². The number of phenols is 2. The topological polar surface area (TPSA) is 40.5 Å². The Bertz CT molecular complexity index is 903. The third kappa shape index (κ3) is 19.9. The van der Waals surface area contributed by atoms with Gasteiger partial charge in [-0.25, -0.2) is 24.3 Å². The smallest absolute Gasteiger partial charge is 0.508 e. The summed E-state index contributed by atoms with van der Waals surface area (Å²) in [6.07, 6.45) is 0. The molecule has 0 aliphatic rings. The number of alkyl halides is 6. The van der Waals surface area contributed by atoms with E-state index in [9.17, 15) is 26.3 Å². The standard InChI is InChI=1S/2C7H5F3OS.2C5H5.Zr/c2*8-7(9,10)12-6-3-1-2-5(11)4-6;2*1-2-4-5-3-1;/h2*1-4,11H;2*1-5H;/q;;2*-1;+2. The molecule has 4 aromatic carbocycles. The Morgan fingerprint density at radius 1 is 0.543 bits per heavy atom. The molecular formula is C24H20F6O2S2Zr. The predicted molar refractivity (Wildman–Crippen MR) is 124 cm³/mol. The fraction of sp³-hybridized carbons (Fsp3) is 0.0833. The van der Waals surface area contributed by atoms with Crippen LogP contribution < -0.4 is 0 Å². The first kappa shape index (κ1) is 32.9. The number of thioether (sulfide) groups is 2. The molecule has 4 rings (SSSR count). The second-order valence-electron chi connectivity index (χ2n) is 6.01. The zero-order valence-corrected chi connectivity index (χ0v) is 22.0. The van der Waals surface area contributed by atoms with E-state index in [-0.39, 0.29) is 71.0 Å². The van der Waals surface area contributed by atoms with Gasteiger partial charge in [0, 0.05) is 9.79 Å². The molecule has 4 aromatic rings. The van der Waals surface area contributed by atoms with Gasteiger partial charge < -0.3 is 10.2 Å². The molecule has 0 saturated heterocycles. The summed E-state index contributed by atoms with van der Waals surface area (Å²) in [4.78, 5) is -0.0231. The van der Waals surface area contributed by atoms with Crippen LogP contribution in [0.2, 0.25) is 0 Å². The summed E-state index contributed by atoms with van der Waals surface area (Å²) < 4.78 is 70.5. The maximum absolute atomic E-state index is 11.8. The molecule has 0 heterocycles. The molecule has 0 aromatic heterocycles. The fourth-order valence-electron chi connectivity index (χ4n) is 2.00. The van der Waals surface area contributed by atoms with E-state index < -0.39 is 11.0 Å². The number of aromatic hydroxyl groups is 2. The van der Waals surface area contributed by atoms with Gasteiger partial charge in [0.15, 0.2) is 0 Å². The van der Waals surface area contributed by atoms with E-state index in [1.807, 2.05) is 60.7 Å². The molecule has 11 heteroatoms. The van der Waals surface area contributed by atoms with E-state index in [1.165, 1.54) is 36.4 Å². The van der Waals surface area contributed by atoms with Gasteiger partial charge in [-0.05, 0) is 59.9 Å². The van der Waals surface area contributed by atoms with Gasteiger partial charge in [0.25, 0.3) is 0 Å². The van der Waals surface area contributed by atoms with Gasteiger partial charge in [-0.1, -0.05) is 12.1 Å². The molecule has 0 bridgehead atoms. The number of phenolic OH excluding ortho intramolecular Hbond substituents is 2. The zero-order chi connectivity index (χ0) is 25.5. The second kappa shape index (κ2) is 17.4. The summed E-state index contributed by atoms with van der Waals surface area (Å²) in [6.45, 7) is 0. The minimum absolute atomic E-state index is 0. The summed E-state index contributed by atoms with van der Waals surface area (Å²) >= 11 is -0.490. The third-order valence-corrected chi connectivity index (χ3v) is 4.66. The second-order valence-corrected chi connectivity index (χ2v) is 8.29. The van der Waals surface area contributed by atoms with Crippen LogP contribution in [0.1, 0.15) is 0 Å². The van der Waals surface area contributed by atoms with Crippen molar-refractivity contribution in [2.75, 3.05) is 0 Å². The summed E-state index contributed by atoms with van der Waals surface area (Å²) in [6, 6.07) is 30.1. The predicted octanol–water partition coefficient (Wildman–Crippen LogP) is 8.82. The maximum Gasteiger partial charge on any atom is 2.00 e. The molecule has 2 N–H and O–H groups in total. The fourth-order valence-corrected chi connectivity index (χ4v) is 3.19. The van der Waals surface area contributed by atoms with Crippen LogP contribution in [-0.4, -0.2) is 21.2 Å². The van der Waals surface area contributed by atoms with Gasteiger partial charge in [0.1, 0.15) is 11.5 Å². The zero-order valence-electron chi connectivity index (χ0n) is 17.9. The number of hydrogen-bond donors (Lipinski definition) is 2.